The molecular weight excluding hydrogens is 228 g/mol. The van der Waals surface area contributed by atoms with E-state index in [1.54, 1.807) is 0 Å². The SMILES string of the molecule is Nc1nc(NCC2CC2)cc(N2CC[C@@H](N)C2)n1. The number of nitrogen functional groups attached to an aromatic ring is 1. The predicted molar refractivity (Wildman–Crippen MR) is 72.5 cm³/mol. The van der Waals surface area contributed by atoms with Crippen LogP contribution in [0, 0.1) is 5.92 Å². The van der Waals surface area contributed by atoms with Crippen molar-refractivity contribution >= 4 is 17.6 Å². The average molecular weight is 248 g/mol. The molecule has 6 heteroatoms. The summed E-state index contributed by atoms with van der Waals surface area (Å²) < 4.78 is 0. The molecule has 0 aromatic carbocycles. The van der Waals surface area contributed by atoms with E-state index in [-0.39, 0.29) is 6.04 Å². The van der Waals surface area contributed by atoms with Crippen LogP contribution in [0.2, 0.25) is 0 Å². The first kappa shape index (κ1) is 11.5. The van der Waals surface area contributed by atoms with Crippen LogP contribution in [0.5, 0.6) is 0 Å². The molecule has 18 heavy (non-hydrogen) atoms. The fraction of sp³-hybridized carbons (Fsp3) is 0.667. The summed E-state index contributed by atoms with van der Waals surface area (Å²) >= 11 is 0. The summed E-state index contributed by atoms with van der Waals surface area (Å²) in [5.41, 5.74) is 11.7. The Bertz CT molecular complexity index is 431. The highest BCUT2D eigenvalue weighted by Crippen LogP contribution is 2.29. The highest BCUT2D eigenvalue weighted by atomic mass is 15.2. The molecule has 1 atom stereocenters. The first-order chi connectivity index (χ1) is 8.70. The third-order valence-electron chi connectivity index (χ3n) is 3.55. The minimum absolute atomic E-state index is 0.240. The lowest BCUT2D eigenvalue weighted by molar-refractivity contribution is 0.751. The number of nitrogens with one attached hydrogen (secondary N) is 1. The van der Waals surface area contributed by atoms with Crippen molar-refractivity contribution in [2.24, 2.45) is 11.7 Å². The molecule has 1 aliphatic heterocycles. The zero-order valence-corrected chi connectivity index (χ0v) is 10.5. The van der Waals surface area contributed by atoms with Crippen LogP contribution >= 0.6 is 0 Å². The van der Waals surface area contributed by atoms with Crippen molar-refractivity contribution in [3.05, 3.63) is 6.07 Å². The van der Waals surface area contributed by atoms with Crippen molar-refractivity contribution in [1.82, 2.24) is 9.97 Å². The summed E-state index contributed by atoms with van der Waals surface area (Å²) in [7, 11) is 0. The minimum Gasteiger partial charge on any atom is -0.370 e. The molecule has 1 saturated heterocycles. The van der Waals surface area contributed by atoms with Crippen LogP contribution in [0.15, 0.2) is 6.07 Å². The maximum Gasteiger partial charge on any atom is 0.223 e. The smallest absolute Gasteiger partial charge is 0.223 e. The number of hydrogen-bond donors (Lipinski definition) is 3. The van der Waals surface area contributed by atoms with Gasteiger partial charge >= 0.3 is 0 Å². The van der Waals surface area contributed by atoms with Crippen LogP contribution in [0.1, 0.15) is 19.3 Å². The molecule has 0 amide bonds. The molecule has 2 heterocycles. The number of anilines is 3. The van der Waals surface area contributed by atoms with Crippen molar-refractivity contribution in [2.75, 3.05) is 35.6 Å². The number of hydrogen-bond acceptors (Lipinski definition) is 6. The molecule has 6 nitrogen and oxygen atoms in total. The van der Waals surface area contributed by atoms with E-state index >= 15 is 0 Å². The van der Waals surface area contributed by atoms with E-state index in [2.05, 4.69) is 20.2 Å². The number of nitrogens with two attached hydrogens (primary N) is 2. The van der Waals surface area contributed by atoms with Gasteiger partial charge in [-0.3, -0.25) is 0 Å². The van der Waals surface area contributed by atoms with E-state index in [0.717, 1.165) is 43.6 Å². The monoisotopic (exact) mass is 248 g/mol. The first-order valence-electron chi connectivity index (χ1n) is 6.59. The van der Waals surface area contributed by atoms with Gasteiger partial charge in [-0.2, -0.15) is 9.97 Å². The van der Waals surface area contributed by atoms with E-state index in [9.17, 15) is 0 Å². The second-order valence-electron chi connectivity index (χ2n) is 5.29. The van der Waals surface area contributed by atoms with Crippen LogP contribution in [0.3, 0.4) is 0 Å². The lowest BCUT2D eigenvalue weighted by atomic mass is 10.3. The van der Waals surface area contributed by atoms with Crippen molar-refractivity contribution < 1.29 is 0 Å². The standard InChI is InChI=1S/C12H20N6/c13-9-3-4-18(7-9)11-5-10(16-12(14)17-11)15-6-8-1-2-8/h5,8-9H,1-4,6-7,13H2,(H3,14,15,16,17)/t9-/m1/s1. The fourth-order valence-electron chi connectivity index (χ4n) is 2.27. The van der Waals surface area contributed by atoms with Crippen LogP contribution in [0.25, 0.3) is 0 Å². The molecule has 0 unspecified atom stereocenters. The van der Waals surface area contributed by atoms with Gasteiger partial charge in [-0.05, 0) is 25.2 Å². The summed E-state index contributed by atoms with van der Waals surface area (Å²) in [4.78, 5) is 10.7. The maximum absolute atomic E-state index is 5.91. The van der Waals surface area contributed by atoms with Crippen LogP contribution < -0.4 is 21.7 Å². The lowest BCUT2D eigenvalue weighted by Gasteiger charge is -2.18. The summed E-state index contributed by atoms with van der Waals surface area (Å²) in [6, 6.07) is 2.21. The lowest BCUT2D eigenvalue weighted by Crippen LogP contribution is -2.27. The molecule has 2 fully saturated rings. The van der Waals surface area contributed by atoms with Crippen molar-refractivity contribution in [1.29, 1.82) is 0 Å². The zero-order valence-electron chi connectivity index (χ0n) is 10.5. The Morgan fingerprint density at radius 2 is 2.17 bits per heavy atom. The third kappa shape index (κ3) is 2.64. The van der Waals surface area contributed by atoms with Gasteiger partial charge in [-0.1, -0.05) is 0 Å². The second kappa shape index (κ2) is 4.61. The van der Waals surface area contributed by atoms with Crippen LogP contribution in [-0.4, -0.2) is 35.6 Å². The highest BCUT2D eigenvalue weighted by Gasteiger charge is 2.23. The summed E-state index contributed by atoms with van der Waals surface area (Å²) in [6.07, 6.45) is 3.65. The van der Waals surface area contributed by atoms with Crippen molar-refractivity contribution in [2.45, 2.75) is 25.3 Å². The second-order valence-corrected chi connectivity index (χ2v) is 5.29. The van der Waals surface area contributed by atoms with Gasteiger partial charge in [0, 0.05) is 31.7 Å². The Hall–Kier alpha value is -1.56. The average Bonchev–Trinajstić information content (AvgIpc) is 3.07. The molecule has 0 bridgehead atoms. The molecule has 1 aromatic heterocycles. The van der Waals surface area contributed by atoms with E-state index in [4.69, 9.17) is 11.5 Å². The Kier molecular flexibility index (Phi) is 2.95. The number of rotatable bonds is 4. The summed E-state index contributed by atoms with van der Waals surface area (Å²) in [5.74, 6) is 2.84. The number of nitrogens with zero attached hydrogens (tertiary/aromatic N) is 3. The van der Waals surface area contributed by atoms with Crippen LogP contribution in [0.4, 0.5) is 17.6 Å². The topological polar surface area (TPSA) is 93.1 Å². The molecule has 0 radical (unpaired) electrons. The largest absolute Gasteiger partial charge is 0.370 e. The maximum atomic E-state index is 5.91. The molecule has 0 spiro atoms. The Morgan fingerprint density at radius 3 is 2.83 bits per heavy atom. The summed E-state index contributed by atoms with van der Waals surface area (Å²) in [6.45, 7) is 2.77. The zero-order chi connectivity index (χ0) is 12.5. The third-order valence-corrected chi connectivity index (χ3v) is 3.55. The fourth-order valence-corrected chi connectivity index (χ4v) is 2.27. The van der Waals surface area contributed by atoms with Gasteiger partial charge in [-0.25, -0.2) is 0 Å². The van der Waals surface area contributed by atoms with Crippen molar-refractivity contribution in [3.63, 3.8) is 0 Å². The quantitative estimate of drug-likeness (QED) is 0.715. The Balaban J connectivity index is 1.72. The molecular formula is C12H20N6. The van der Waals surface area contributed by atoms with Gasteiger partial charge in [0.25, 0.3) is 0 Å². The van der Waals surface area contributed by atoms with E-state index in [1.807, 2.05) is 6.07 Å². The van der Waals surface area contributed by atoms with Crippen molar-refractivity contribution in [3.8, 4) is 0 Å². The van der Waals surface area contributed by atoms with Crippen LogP contribution in [-0.2, 0) is 0 Å². The van der Waals surface area contributed by atoms with E-state index in [0.29, 0.717) is 5.95 Å². The minimum atomic E-state index is 0.240. The van der Waals surface area contributed by atoms with Gasteiger partial charge in [0.1, 0.15) is 11.6 Å². The molecule has 1 saturated carbocycles. The number of aromatic nitrogens is 2. The highest BCUT2D eigenvalue weighted by molar-refractivity contribution is 5.53. The molecule has 5 N–H and O–H groups in total. The van der Waals surface area contributed by atoms with Gasteiger partial charge < -0.3 is 21.7 Å². The van der Waals surface area contributed by atoms with Gasteiger partial charge in [0.05, 0.1) is 0 Å². The van der Waals surface area contributed by atoms with Gasteiger partial charge in [-0.15, -0.1) is 0 Å². The predicted octanol–water partition coefficient (Wildman–Crippen LogP) is 0.418. The Morgan fingerprint density at radius 1 is 1.33 bits per heavy atom. The van der Waals surface area contributed by atoms with E-state index < -0.39 is 0 Å². The Labute approximate surface area is 107 Å². The normalized spacial score (nSPS) is 23.4. The molecule has 2 aliphatic rings. The molecule has 98 valence electrons. The molecule has 1 aromatic rings. The molecule has 3 rings (SSSR count). The van der Waals surface area contributed by atoms with Gasteiger partial charge in [0.2, 0.25) is 5.95 Å². The molecule has 1 aliphatic carbocycles. The van der Waals surface area contributed by atoms with E-state index in [1.165, 1.54) is 12.8 Å². The summed E-state index contributed by atoms with van der Waals surface area (Å²) in [5, 5.41) is 3.33. The first-order valence-corrected chi connectivity index (χ1v) is 6.59. The van der Waals surface area contributed by atoms with Gasteiger partial charge in [0.15, 0.2) is 0 Å².